The molecule has 0 aliphatic heterocycles. The lowest BCUT2D eigenvalue weighted by Crippen LogP contribution is -2.46. The first-order valence-electron chi connectivity index (χ1n) is 10.9. The van der Waals surface area contributed by atoms with Gasteiger partial charge in [0.15, 0.2) is 5.96 Å². The molecule has 2 N–H and O–H groups in total. The van der Waals surface area contributed by atoms with Gasteiger partial charge in [0.05, 0.1) is 13.2 Å². The highest BCUT2D eigenvalue weighted by Crippen LogP contribution is 2.43. The van der Waals surface area contributed by atoms with E-state index in [0.717, 1.165) is 32.1 Å². The Labute approximate surface area is 204 Å². The molecule has 2 aromatic rings. The number of hydrogen-bond acceptors (Lipinski definition) is 3. The maximum absolute atomic E-state index is 5.82. The molecule has 1 fully saturated rings. The van der Waals surface area contributed by atoms with Crippen LogP contribution >= 0.6 is 24.0 Å². The summed E-state index contributed by atoms with van der Waals surface area (Å²) in [6.07, 6.45) is 4.97. The van der Waals surface area contributed by atoms with E-state index in [4.69, 9.17) is 9.47 Å². The number of rotatable bonds is 11. The van der Waals surface area contributed by atoms with Crippen LogP contribution in [0.15, 0.2) is 59.6 Å². The lowest BCUT2D eigenvalue weighted by Gasteiger charge is -2.42. The fourth-order valence-electron chi connectivity index (χ4n) is 3.80. The zero-order valence-electron chi connectivity index (χ0n) is 18.7. The number of ether oxygens (including phenoxy) is 2. The standard InChI is InChI=1S/C25H35N3O2.HI/c1-26-24(28-20-25(13-6-14-25)15-16-29-2)27-17-21-9-11-23(12-10-21)19-30-18-22-7-4-3-5-8-22;/h3-5,7-12H,6,13-20H2,1-2H3,(H2,26,27,28);1H. The second-order valence-corrected chi connectivity index (χ2v) is 8.17. The number of benzene rings is 2. The van der Waals surface area contributed by atoms with Crippen LogP contribution in [0.3, 0.4) is 0 Å². The molecule has 0 aromatic heterocycles. The molecule has 31 heavy (non-hydrogen) atoms. The maximum atomic E-state index is 5.82. The van der Waals surface area contributed by atoms with Gasteiger partial charge in [-0.2, -0.15) is 0 Å². The first kappa shape index (κ1) is 25.6. The third kappa shape index (κ3) is 8.43. The molecule has 0 unspecified atom stereocenters. The molecule has 0 radical (unpaired) electrons. The summed E-state index contributed by atoms with van der Waals surface area (Å²) in [4.78, 5) is 4.37. The Bertz CT molecular complexity index is 777. The number of halogens is 1. The molecule has 1 aliphatic rings. The molecule has 0 heterocycles. The van der Waals surface area contributed by atoms with Crippen molar-refractivity contribution in [2.75, 3.05) is 27.3 Å². The van der Waals surface area contributed by atoms with Gasteiger partial charge in [-0.15, -0.1) is 24.0 Å². The molecule has 0 bridgehead atoms. The van der Waals surface area contributed by atoms with Gasteiger partial charge in [-0.3, -0.25) is 4.99 Å². The highest BCUT2D eigenvalue weighted by Gasteiger charge is 2.36. The van der Waals surface area contributed by atoms with Gasteiger partial charge < -0.3 is 20.1 Å². The van der Waals surface area contributed by atoms with Crippen LogP contribution in [0, 0.1) is 5.41 Å². The number of hydrogen-bond donors (Lipinski definition) is 2. The van der Waals surface area contributed by atoms with E-state index in [1.807, 2.05) is 25.2 Å². The molecular formula is C25H36IN3O2. The van der Waals surface area contributed by atoms with Crippen molar-refractivity contribution in [3.8, 4) is 0 Å². The fraction of sp³-hybridized carbons (Fsp3) is 0.480. The first-order chi connectivity index (χ1) is 14.7. The lowest BCUT2D eigenvalue weighted by molar-refractivity contribution is 0.0732. The van der Waals surface area contributed by atoms with E-state index in [0.29, 0.717) is 18.6 Å². The molecule has 0 saturated heterocycles. The molecule has 1 saturated carbocycles. The van der Waals surface area contributed by atoms with Crippen molar-refractivity contribution in [1.82, 2.24) is 10.6 Å². The fourth-order valence-corrected chi connectivity index (χ4v) is 3.80. The SMILES string of the molecule is CN=C(NCc1ccc(COCc2ccccc2)cc1)NCC1(CCOC)CCC1.I. The van der Waals surface area contributed by atoms with E-state index in [1.54, 1.807) is 7.11 Å². The van der Waals surface area contributed by atoms with E-state index in [1.165, 1.54) is 36.0 Å². The van der Waals surface area contributed by atoms with Crippen LogP contribution in [0.25, 0.3) is 0 Å². The van der Waals surface area contributed by atoms with E-state index < -0.39 is 0 Å². The predicted molar refractivity (Wildman–Crippen MR) is 138 cm³/mol. The Balaban J connectivity index is 0.00000341. The highest BCUT2D eigenvalue weighted by atomic mass is 127. The zero-order chi connectivity index (χ0) is 21.1. The number of nitrogens with one attached hydrogen (secondary N) is 2. The smallest absolute Gasteiger partial charge is 0.191 e. The predicted octanol–water partition coefficient (Wildman–Crippen LogP) is 4.89. The molecule has 2 aromatic carbocycles. The summed E-state index contributed by atoms with van der Waals surface area (Å²) in [5.41, 5.74) is 3.97. The molecule has 0 spiro atoms. The summed E-state index contributed by atoms with van der Waals surface area (Å²) in [6.45, 7) is 3.78. The van der Waals surface area contributed by atoms with Gasteiger partial charge in [-0.25, -0.2) is 0 Å². The van der Waals surface area contributed by atoms with Gasteiger partial charge in [0.1, 0.15) is 0 Å². The van der Waals surface area contributed by atoms with Gasteiger partial charge in [0, 0.05) is 33.9 Å². The third-order valence-corrected chi connectivity index (χ3v) is 5.97. The van der Waals surface area contributed by atoms with Crippen molar-refractivity contribution in [2.45, 2.75) is 45.4 Å². The largest absolute Gasteiger partial charge is 0.385 e. The molecule has 1 aliphatic carbocycles. The Morgan fingerprint density at radius 1 is 0.935 bits per heavy atom. The van der Waals surface area contributed by atoms with Gasteiger partial charge in [-0.05, 0) is 41.4 Å². The van der Waals surface area contributed by atoms with Crippen LogP contribution < -0.4 is 10.6 Å². The van der Waals surface area contributed by atoms with Crippen molar-refractivity contribution in [3.63, 3.8) is 0 Å². The maximum Gasteiger partial charge on any atom is 0.191 e. The molecule has 0 amide bonds. The van der Waals surface area contributed by atoms with E-state index in [2.05, 4.69) is 52.0 Å². The van der Waals surface area contributed by atoms with Gasteiger partial charge >= 0.3 is 0 Å². The minimum Gasteiger partial charge on any atom is -0.385 e. The topological polar surface area (TPSA) is 54.9 Å². The average molecular weight is 537 g/mol. The summed E-state index contributed by atoms with van der Waals surface area (Å²) in [5, 5.41) is 6.93. The van der Waals surface area contributed by atoms with Gasteiger partial charge in [0.25, 0.3) is 0 Å². The Morgan fingerprint density at radius 2 is 1.58 bits per heavy atom. The Morgan fingerprint density at radius 3 is 2.16 bits per heavy atom. The summed E-state index contributed by atoms with van der Waals surface area (Å²) in [6, 6.07) is 18.8. The lowest BCUT2D eigenvalue weighted by atomic mass is 9.67. The summed E-state index contributed by atoms with van der Waals surface area (Å²) >= 11 is 0. The van der Waals surface area contributed by atoms with Gasteiger partial charge in [-0.1, -0.05) is 61.0 Å². The molecule has 170 valence electrons. The molecular weight excluding hydrogens is 501 g/mol. The van der Waals surface area contributed by atoms with Crippen LogP contribution in [0.2, 0.25) is 0 Å². The van der Waals surface area contributed by atoms with Crippen LogP contribution in [-0.4, -0.2) is 33.3 Å². The van der Waals surface area contributed by atoms with Crippen molar-refractivity contribution >= 4 is 29.9 Å². The first-order valence-corrected chi connectivity index (χ1v) is 10.9. The second-order valence-electron chi connectivity index (χ2n) is 8.17. The van der Waals surface area contributed by atoms with E-state index in [9.17, 15) is 0 Å². The summed E-state index contributed by atoms with van der Waals surface area (Å²) < 4.78 is 11.1. The monoisotopic (exact) mass is 537 g/mol. The minimum atomic E-state index is 0. The molecule has 5 nitrogen and oxygen atoms in total. The van der Waals surface area contributed by atoms with Crippen molar-refractivity contribution in [3.05, 3.63) is 71.3 Å². The normalized spacial score (nSPS) is 15.0. The Hall–Kier alpha value is -1.64. The van der Waals surface area contributed by atoms with Gasteiger partial charge in [0.2, 0.25) is 0 Å². The van der Waals surface area contributed by atoms with Crippen LogP contribution in [0.4, 0.5) is 0 Å². The number of methoxy groups -OCH3 is 1. The summed E-state index contributed by atoms with van der Waals surface area (Å²) in [7, 11) is 3.60. The quantitative estimate of drug-likeness (QED) is 0.244. The average Bonchev–Trinajstić information content (AvgIpc) is 2.76. The minimum absolute atomic E-state index is 0. The Kier molecular flexibility index (Phi) is 11.3. The zero-order valence-corrected chi connectivity index (χ0v) is 21.1. The van der Waals surface area contributed by atoms with E-state index >= 15 is 0 Å². The number of nitrogens with zero attached hydrogens (tertiary/aromatic N) is 1. The number of guanidine groups is 1. The molecule has 0 atom stereocenters. The highest BCUT2D eigenvalue weighted by molar-refractivity contribution is 14.0. The molecule has 6 heteroatoms. The van der Waals surface area contributed by atoms with Crippen molar-refractivity contribution in [1.29, 1.82) is 0 Å². The van der Waals surface area contributed by atoms with E-state index in [-0.39, 0.29) is 24.0 Å². The molecule has 3 rings (SSSR count). The van der Waals surface area contributed by atoms with Crippen LogP contribution in [0.5, 0.6) is 0 Å². The third-order valence-electron chi connectivity index (χ3n) is 5.97. The van der Waals surface area contributed by atoms with Crippen LogP contribution in [0.1, 0.15) is 42.4 Å². The van der Waals surface area contributed by atoms with Crippen molar-refractivity contribution in [2.24, 2.45) is 10.4 Å². The summed E-state index contributed by atoms with van der Waals surface area (Å²) in [5.74, 6) is 0.856. The van der Waals surface area contributed by atoms with Crippen LogP contribution in [-0.2, 0) is 29.2 Å². The van der Waals surface area contributed by atoms with Crippen molar-refractivity contribution < 1.29 is 9.47 Å². The second kappa shape index (κ2) is 13.7. The number of aliphatic imine (C=N–C) groups is 1.